The molecule has 0 saturated carbocycles. The molecule has 0 fully saturated rings. The van der Waals surface area contributed by atoms with Crippen molar-refractivity contribution in [3.05, 3.63) is 70.8 Å². The molecule has 0 aliphatic heterocycles. The fraction of sp³-hybridized carbons (Fsp3) is 0.316. The quantitative estimate of drug-likeness (QED) is 0.780. The van der Waals surface area contributed by atoms with Crippen LogP contribution in [0.15, 0.2) is 48.5 Å². The fourth-order valence-electron chi connectivity index (χ4n) is 3.88. The first-order valence-electron chi connectivity index (χ1n) is 8.07. The Bertz CT molecular complexity index is 746. The van der Waals surface area contributed by atoms with Crippen LogP contribution in [0.3, 0.4) is 0 Å². The molecule has 0 unspecified atom stereocenters. The Labute approximate surface area is 135 Å². The van der Waals surface area contributed by atoms with Gasteiger partial charge in [-0.2, -0.15) is 0 Å². The van der Waals surface area contributed by atoms with Crippen LogP contribution in [0.1, 0.15) is 28.3 Å². The molecule has 4 rings (SSSR count). The van der Waals surface area contributed by atoms with Crippen LogP contribution in [-0.4, -0.2) is 17.5 Å². The van der Waals surface area contributed by atoms with Crippen molar-refractivity contribution in [2.45, 2.75) is 36.9 Å². The van der Waals surface area contributed by atoms with Gasteiger partial charge in [-0.15, -0.1) is 0 Å². The minimum absolute atomic E-state index is 0.0796. The second-order valence-electron chi connectivity index (χ2n) is 6.79. The van der Waals surface area contributed by atoms with E-state index in [1.54, 1.807) is 0 Å². The summed E-state index contributed by atoms with van der Waals surface area (Å²) in [6, 6.07) is 15.9. The van der Waals surface area contributed by atoms with Gasteiger partial charge in [-0.3, -0.25) is 4.79 Å². The van der Waals surface area contributed by atoms with Gasteiger partial charge < -0.3 is 16.8 Å². The molecule has 4 heteroatoms. The van der Waals surface area contributed by atoms with Gasteiger partial charge in [0.2, 0.25) is 5.91 Å². The van der Waals surface area contributed by atoms with Crippen molar-refractivity contribution in [3.63, 3.8) is 0 Å². The molecule has 2 aromatic carbocycles. The first-order chi connectivity index (χ1) is 11.1. The van der Waals surface area contributed by atoms with Crippen LogP contribution in [0, 0.1) is 0 Å². The number of amides is 1. The number of hydrogen-bond acceptors (Lipinski definition) is 3. The topological polar surface area (TPSA) is 81.1 Å². The van der Waals surface area contributed by atoms with Crippen LogP contribution < -0.4 is 16.8 Å². The largest absolute Gasteiger partial charge is 0.350 e. The van der Waals surface area contributed by atoms with Gasteiger partial charge in [-0.25, -0.2) is 0 Å². The van der Waals surface area contributed by atoms with Gasteiger partial charge >= 0.3 is 0 Å². The summed E-state index contributed by atoms with van der Waals surface area (Å²) in [5.41, 5.74) is 16.6. The lowest BCUT2D eigenvalue weighted by molar-refractivity contribution is -0.126. The van der Waals surface area contributed by atoms with Crippen LogP contribution in [-0.2, 0) is 24.1 Å². The molecule has 2 aromatic rings. The lowest BCUT2D eigenvalue weighted by Gasteiger charge is -2.26. The number of benzene rings is 2. The summed E-state index contributed by atoms with van der Waals surface area (Å²) in [5.74, 6) is -0.0954. The van der Waals surface area contributed by atoms with Gasteiger partial charge in [0.1, 0.15) is 5.54 Å². The first-order valence-corrected chi connectivity index (χ1v) is 8.07. The Morgan fingerprint density at radius 3 is 2.17 bits per heavy atom. The maximum atomic E-state index is 12.8. The summed E-state index contributed by atoms with van der Waals surface area (Å²) in [6.07, 6.45) is 1.94. The molecular weight excluding hydrogens is 286 g/mol. The molecule has 2 aliphatic rings. The Hall–Kier alpha value is -2.17. The molecule has 0 heterocycles. The van der Waals surface area contributed by atoms with Crippen molar-refractivity contribution in [1.82, 2.24) is 5.32 Å². The zero-order valence-electron chi connectivity index (χ0n) is 13.0. The third kappa shape index (κ3) is 2.35. The summed E-state index contributed by atoms with van der Waals surface area (Å²) < 4.78 is 0. The zero-order chi connectivity index (χ0) is 16.0. The monoisotopic (exact) mass is 307 g/mol. The van der Waals surface area contributed by atoms with Crippen LogP contribution in [0.5, 0.6) is 0 Å². The first kappa shape index (κ1) is 14.4. The molecule has 1 amide bonds. The number of fused-ring (bicyclic) bond motifs is 2. The van der Waals surface area contributed by atoms with E-state index < -0.39 is 5.54 Å². The number of hydrogen-bond donors (Lipinski definition) is 3. The van der Waals surface area contributed by atoms with Crippen molar-refractivity contribution < 1.29 is 4.79 Å². The Balaban J connectivity index is 1.50. The molecule has 118 valence electrons. The van der Waals surface area contributed by atoms with Gasteiger partial charge in [0.25, 0.3) is 0 Å². The molecule has 0 saturated heterocycles. The third-order valence-electron chi connectivity index (χ3n) is 5.19. The average molecular weight is 307 g/mol. The van der Waals surface area contributed by atoms with Gasteiger partial charge in [0.15, 0.2) is 0 Å². The summed E-state index contributed by atoms with van der Waals surface area (Å²) in [5, 5.41) is 3.10. The van der Waals surface area contributed by atoms with E-state index in [1.807, 2.05) is 42.5 Å². The minimum atomic E-state index is -0.863. The molecule has 23 heavy (non-hydrogen) atoms. The number of nitrogens with one attached hydrogen (secondary N) is 1. The fourth-order valence-corrected chi connectivity index (χ4v) is 3.88. The predicted octanol–water partition coefficient (Wildman–Crippen LogP) is 1.22. The van der Waals surface area contributed by atoms with Crippen LogP contribution in [0.25, 0.3) is 0 Å². The summed E-state index contributed by atoms with van der Waals surface area (Å²) >= 11 is 0. The highest BCUT2D eigenvalue weighted by atomic mass is 16.2. The van der Waals surface area contributed by atoms with Gasteiger partial charge in [-0.1, -0.05) is 48.5 Å². The lowest BCUT2D eigenvalue weighted by atomic mass is 9.95. The van der Waals surface area contributed by atoms with E-state index in [1.165, 1.54) is 16.7 Å². The summed E-state index contributed by atoms with van der Waals surface area (Å²) in [4.78, 5) is 12.8. The van der Waals surface area contributed by atoms with E-state index in [0.717, 1.165) is 12.0 Å². The van der Waals surface area contributed by atoms with Crippen molar-refractivity contribution in [2.75, 3.05) is 0 Å². The Morgan fingerprint density at radius 2 is 1.57 bits per heavy atom. The number of rotatable bonds is 2. The van der Waals surface area contributed by atoms with Gasteiger partial charge in [0, 0.05) is 0 Å². The number of nitrogens with two attached hydrogens (primary N) is 2. The molecule has 0 aromatic heterocycles. The molecule has 2 aliphatic carbocycles. The standard InChI is InChI=1S/C19H21N3O/c20-17-15-8-4-3-5-12(15)9-16(17)22-18(23)19(21)10-13-6-1-2-7-14(13)11-19/h1-8,16-17H,9-11,20-21H2,(H,22,23)/t16-,17-/m1/s1. The highest BCUT2D eigenvalue weighted by molar-refractivity contribution is 5.88. The molecule has 4 nitrogen and oxygen atoms in total. The number of carbonyl (C=O) groups is 1. The third-order valence-corrected chi connectivity index (χ3v) is 5.19. The van der Waals surface area contributed by atoms with Gasteiger partial charge in [-0.05, 0) is 41.5 Å². The van der Waals surface area contributed by atoms with E-state index >= 15 is 0 Å². The SMILES string of the molecule is N[C@@H]1c2ccccc2C[C@H]1NC(=O)C1(N)Cc2ccccc2C1. The van der Waals surface area contributed by atoms with E-state index in [9.17, 15) is 4.79 Å². The normalized spacial score (nSPS) is 24.1. The van der Waals surface area contributed by atoms with Crippen molar-refractivity contribution in [2.24, 2.45) is 11.5 Å². The average Bonchev–Trinajstić information content (AvgIpc) is 3.06. The highest BCUT2D eigenvalue weighted by Gasteiger charge is 2.42. The Kier molecular flexibility index (Phi) is 3.25. The molecule has 5 N–H and O–H groups in total. The molecule has 0 spiro atoms. The molecule has 0 radical (unpaired) electrons. The van der Waals surface area contributed by atoms with E-state index in [4.69, 9.17) is 11.5 Å². The van der Waals surface area contributed by atoms with E-state index in [-0.39, 0.29) is 18.0 Å². The molecule has 0 bridgehead atoms. The van der Waals surface area contributed by atoms with E-state index in [2.05, 4.69) is 11.4 Å². The van der Waals surface area contributed by atoms with Crippen molar-refractivity contribution in [3.8, 4) is 0 Å². The second kappa shape index (κ2) is 5.18. The summed E-state index contributed by atoms with van der Waals surface area (Å²) in [6.45, 7) is 0. The molecular formula is C19H21N3O. The maximum Gasteiger partial charge on any atom is 0.241 e. The van der Waals surface area contributed by atoms with Crippen LogP contribution in [0.4, 0.5) is 0 Å². The second-order valence-corrected chi connectivity index (χ2v) is 6.79. The van der Waals surface area contributed by atoms with Crippen LogP contribution in [0.2, 0.25) is 0 Å². The van der Waals surface area contributed by atoms with Crippen LogP contribution >= 0.6 is 0 Å². The predicted molar refractivity (Wildman–Crippen MR) is 89.8 cm³/mol. The van der Waals surface area contributed by atoms with Crippen molar-refractivity contribution >= 4 is 5.91 Å². The van der Waals surface area contributed by atoms with Crippen molar-refractivity contribution in [1.29, 1.82) is 0 Å². The van der Waals surface area contributed by atoms with Gasteiger partial charge in [0.05, 0.1) is 12.1 Å². The van der Waals surface area contributed by atoms with E-state index in [0.29, 0.717) is 12.8 Å². The molecule has 2 atom stereocenters. The lowest BCUT2D eigenvalue weighted by Crippen LogP contribution is -2.58. The minimum Gasteiger partial charge on any atom is -0.350 e. The summed E-state index contributed by atoms with van der Waals surface area (Å²) in [7, 11) is 0. The maximum absolute atomic E-state index is 12.8. The Morgan fingerprint density at radius 1 is 1.00 bits per heavy atom. The smallest absolute Gasteiger partial charge is 0.241 e. The number of carbonyl (C=O) groups excluding carboxylic acids is 1. The highest BCUT2D eigenvalue weighted by Crippen LogP contribution is 2.32. The zero-order valence-corrected chi connectivity index (χ0v) is 13.0.